The Morgan fingerprint density at radius 2 is 1.73 bits per heavy atom. The molecule has 0 spiro atoms. The Kier molecular flexibility index (Phi) is 5.83. The van der Waals surface area contributed by atoms with Crippen LogP contribution in [-0.2, 0) is 4.74 Å². The quantitative estimate of drug-likeness (QED) is 0.735. The Labute approximate surface area is 131 Å². The van der Waals surface area contributed by atoms with Gasteiger partial charge in [-0.25, -0.2) is 4.79 Å². The second-order valence-corrected chi connectivity index (χ2v) is 4.78. The van der Waals surface area contributed by atoms with Gasteiger partial charge in [-0.3, -0.25) is 0 Å². The third-order valence-electron chi connectivity index (χ3n) is 3.42. The van der Waals surface area contributed by atoms with Crippen molar-refractivity contribution in [3.8, 4) is 5.75 Å². The predicted octanol–water partition coefficient (Wildman–Crippen LogP) is 3.38. The molecule has 0 fully saturated rings. The largest absolute Gasteiger partial charge is 0.497 e. The lowest BCUT2D eigenvalue weighted by molar-refractivity contribution is 0.0515. The van der Waals surface area contributed by atoms with Crippen molar-refractivity contribution in [1.29, 1.82) is 0 Å². The fraction of sp³-hybridized carbons (Fsp3) is 0.278. The number of anilines is 1. The summed E-state index contributed by atoms with van der Waals surface area (Å²) in [6, 6.07) is 17.0. The normalized spacial score (nSPS) is 10.1. The minimum absolute atomic E-state index is 0.313. The molecule has 0 aliphatic heterocycles. The van der Waals surface area contributed by atoms with E-state index in [1.165, 1.54) is 0 Å². The van der Waals surface area contributed by atoms with Crippen molar-refractivity contribution in [2.75, 3.05) is 31.7 Å². The summed E-state index contributed by atoms with van der Waals surface area (Å²) in [7, 11) is 1.59. The number of para-hydroxylation sites is 1. The van der Waals surface area contributed by atoms with Gasteiger partial charge in [-0.2, -0.15) is 0 Å². The Morgan fingerprint density at radius 1 is 1.05 bits per heavy atom. The summed E-state index contributed by atoms with van der Waals surface area (Å²) in [6.45, 7) is 3.97. The van der Waals surface area contributed by atoms with E-state index in [1.807, 2.05) is 18.2 Å². The lowest BCUT2D eigenvalue weighted by atomic mass is 10.2. The molecule has 0 aliphatic carbocycles. The maximum absolute atomic E-state index is 12.0. The second kappa shape index (κ2) is 8.08. The maximum Gasteiger partial charge on any atom is 0.338 e. The van der Waals surface area contributed by atoms with Crippen molar-refractivity contribution in [3.63, 3.8) is 0 Å². The number of carbonyl (C=O) groups is 1. The van der Waals surface area contributed by atoms with Crippen LogP contribution in [0.1, 0.15) is 17.3 Å². The number of methoxy groups -OCH3 is 1. The number of esters is 1. The first kappa shape index (κ1) is 15.9. The molecule has 4 nitrogen and oxygen atoms in total. The Bertz CT molecular complexity index is 581. The highest BCUT2D eigenvalue weighted by Gasteiger charge is 2.09. The zero-order valence-electron chi connectivity index (χ0n) is 13.0. The van der Waals surface area contributed by atoms with E-state index < -0.39 is 0 Å². The van der Waals surface area contributed by atoms with Crippen molar-refractivity contribution in [2.45, 2.75) is 6.92 Å². The third kappa shape index (κ3) is 4.25. The molecule has 0 aliphatic rings. The van der Waals surface area contributed by atoms with Crippen LogP contribution in [0.2, 0.25) is 0 Å². The number of hydrogen-bond acceptors (Lipinski definition) is 4. The molecule has 2 rings (SSSR count). The molecule has 0 atom stereocenters. The van der Waals surface area contributed by atoms with Crippen LogP contribution in [0, 0.1) is 0 Å². The molecule has 0 saturated carbocycles. The lowest BCUT2D eigenvalue weighted by Gasteiger charge is -2.22. The summed E-state index contributed by atoms with van der Waals surface area (Å²) in [4.78, 5) is 14.1. The van der Waals surface area contributed by atoms with E-state index in [2.05, 4.69) is 24.0 Å². The SMILES string of the molecule is CCN(CCOC(=O)c1ccc(OC)cc1)c1ccccc1. The van der Waals surface area contributed by atoms with Gasteiger partial charge in [0.2, 0.25) is 0 Å². The lowest BCUT2D eigenvalue weighted by Crippen LogP contribution is -2.27. The highest BCUT2D eigenvalue weighted by molar-refractivity contribution is 5.89. The van der Waals surface area contributed by atoms with Gasteiger partial charge >= 0.3 is 5.97 Å². The minimum atomic E-state index is -0.313. The zero-order valence-corrected chi connectivity index (χ0v) is 13.0. The predicted molar refractivity (Wildman–Crippen MR) is 87.6 cm³/mol. The highest BCUT2D eigenvalue weighted by Crippen LogP contribution is 2.14. The van der Waals surface area contributed by atoms with Gasteiger partial charge in [0.15, 0.2) is 0 Å². The molecule has 0 N–H and O–H groups in total. The number of hydrogen-bond donors (Lipinski definition) is 0. The number of benzene rings is 2. The van der Waals surface area contributed by atoms with Crippen LogP contribution in [0.3, 0.4) is 0 Å². The van der Waals surface area contributed by atoms with E-state index in [0.717, 1.165) is 18.0 Å². The summed E-state index contributed by atoms with van der Waals surface area (Å²) in [6.07, 6.45) is 0. The van der Waals surface area contributed by atoms with Crippen molar-refractivity contribution in [2.24, 2.45) is 0 Å². The average molecular weight is 299 g/mol. The molecule has 0 unspecified atom stereocenters. The molecule has 0 aromatic heterocycles. The van der Waals surface area contributed by atoms with Gasteiger partial charge in [-0.05, 0) is 43.3 Å². The molecule has 116 valence electrons. The molecule has 0 saturated heterocycles. The van der Waals surface area contributed by atoms with E-state index in [-0.39, 0.29) is 5.97 Å². The maximum atomic E-state index is 12.0. The number of nitrogens with zero attached hydrogens (tertiary/aromatic N) is 1. The molecule has 4 heteroatoms. The standard InChI is InChI=1S/C18H21NO3/c1-3-19(16-7-5-4-6-8-16)13-14-22-18(20)15-9-11-17(21-2)12-10-15/h4-12H,3,13-14H2,1-2H3. The molecule has 2 aromatic carbocycles. The number of likely N-dealkylation sites (N-methyl/N-ethyl adjacent to an activating group) is 1. The van der Waals surface area contributed by atoms with Crippen molar-refractivity contribution < 1.29 is 14.3 Å². The molecule has 2 aromatic rings. The van der Waals surface area contributed by atoms with Gasteiger partial charge in [0.05, 0.1) is 19.2 Å². The van der Waals surface area contributed by atoms with Crippen LogP contribution in [0.5, 0.6) is 5.75 Å². The number of carbonyl (C=O) groups excluding carboxylic acids is 1. The zero-order chi connectivity index (χ0) is 15.8. The first-order valence-electron chi connectivity index (χ1n) is 7.35. The smallest absolute Gasteiger partial charge is 0.338 e. The van der Waals surface area contributed by atoms with Gasteiger partial charge < -0.3 is 14.4 Å². The van der Waals surface area contributed by atoms with Crippen LogP contribution < -0.4 is 9.64 Å². The number of rotatable bonds is 7. The highest BCUT2D eigenvalue weighted by atomic mass is 16.5. The molecule has 0 bridgehead atoms. The summed E-state index contributed by atoms with van der Waals surface area (Å²) < 4.78 is 10.4. The first-order valence-corrected chi connectivity index (χ1v) is 7.35. The average Bonchev–Trinajstić information content (AvgIpc) is 2.59. The molecule has 0 heterocycles. The van der Waals surface area contributed by atoms with Crippen molar-refractivity contribution in [1.82, 2.24) is 0 Å². The monoisotopic (exact) mass is 299 g/mol. The minimum Gasteiger partial charge on any atom is -0.497 e. The number of ether oxygens (including phenoxy) is 2. The Balaban J connectivity index is 1.85. The third-order valence-corrected chi connectivity index (χ3v) is 3.42. The van der Waals surface area contributed by atoms with Crippen LogP contribution in [-0.4, -0.2) is 32.8 Å². The van der Waals surface area contributed by atoms with Gasteiger partial charge in [0.1, 0.15) is 12.4 Å². The van der Waals surface area contributed by atoms with E-state index >= 15 is 0 Å². The van der Waals surface area contributed by atoms with Crippen LogP contribution >= 0.6 is 0 Å². The van der Waals surface area contributed by atoms with E-state index in [1.54, 1.807) is 31.4 Å². The van der Waals surface area contributed by atoms with Crippen molar-refractivity contribution >= 4 is 11.7 Å². The molecular weight excluding hydrogens is 278 g/mol. The fourth-order valence-electron chi connectivity index (χ4n) is 2.17. The molecule has 22 heavy (non-hydrogen) atoms. The van der Waals surface area contributed by atoms with E-state index in [9.17, 15) is 4.79 Å². The van der Waals surface area contributed by atoms with Crippen LogP contribution in [0.25, 0.3) is 0 Å². The summed E-state index contributed by atoms with van der Waals surface area (Å²) >= 11 is 0. The van der Waals surface area contributed by atoms with Gasteiger partial charge in [-0.15, -0.1) is 0 Å². The Morgan fingerprint density at radius 3 is 2.32 bits per heavy atom. The molecule has 0 amide bonds. The summed E-state index contributed by atoms with van der Waals surface area (Å²) in [5.41, 5.74) is 1.66. The summed E-state index contributed by atoms with van der Waals surface area (Å²) in [5.74, 6) is 0.407. The van der Waals surface area contributed by atoms with Gasteiger partial charge in [0.25, 0.3) is 0 Å². The van der Waals surface area contributed by atoms with Gasteiger partial charge in [-0.1, -0.05) is 18.2 Å². The first-order chi connectivity index (χ1) is 10.7. The molecular formula is C18H21NO3. The van der Waals surface area contributed by atoms with E-state index in [0.29, 0.717) is 18.7 Å². The molecule has 0 radical (unpaired) electrons. The van der Waals surface area contributed by atoms with Gasteiger partial charge in [0, 0.05) is 12.2 Å². The van der Waals surface area contributed by atoms with Crippen molar-refractivity contribution in [3.05, 3.63) is 60.2 Å². The van der Waals surface area contributed by atoms with Crippen LogP contribution in [0.4, 0.5) is 5.69 Å². The second-order valence-electron chi connectivity index (χ2n) is 4.78. The van der Waals surface area contributed by atoms with E-state index in [4.69, 9.17) is 9.47 Å². The Hall–Kier alpha value is -2.49. The summed E-state index contributed by atoms with van der Waals surface area (Å²) in [5, 5.41) is 0. The fourth-order valence-corrected chi connectivity index (χ4v) is 2.17. The topological polar surface area (TPSA) is 38.8 Å². The van der Waals surface area contributed by atoms with Crippen LogP contribution in [0.15, 0.2) is 54.6 Å².